The standard InChI is InChI=1S/C13H17F3N2O2S/c14-13(15,16)18(10-11-6-8-17-9-7-11)21(19,20)12-4-2-1-3-5-12/h1-5,11,17H,6-10H2. The van der Waals surface area contributed by atoms with Crippen LogP contribution in [0.15, 0.2) is 35.2 Å². The molecule has 1 N–H and O–H groups in total. The van der Waals surface area contributed by atoms with Gasteiger partial charge in [-0.25, -0.2) is 8.42 Å². The molecule has 1 aromatic rings. The SMILES string of the molecule is O=S(=O)(c1ccccc1)N(CC1CCNCC1)C(F)(F)F. The molecule has 1 saturated heterocycles. The van der Waals surface area contributed by atoms with Gasteiger partial charge in [-0.2, -0.15) is 13.2 Å². The lowest BCUT2D eigenvalue weighted by atomic mass is 9.98. The van der Waals surface area contributed by atoms with Crippen molar-refractivity contribution in [3.05, 3.63) is 30.3 Å². The Morgan fingerprint density at radius 3 is 2.24 bits per heavy atom. The number of nitrogens with one attached hydrogen (secondary N) is 1. The summed E-state index contributed by atoms with van der Waals surface area (Å²) in [4.78, 5) is -0.337. The van der Waals surface area contributed by atoms with E-state index in [1.54, 1.807) is 6.07 Å². The van der Waals surface area contributed by atoms with Gasteiger partial charge in [0.15, 0.2) is 0 Å². The van der Waals surface area contributed by atoms with Crippen LogP contribution in [0.5, 0.6) is 0 Å². The summed E-state index contributed by atoms with van der Waals surface area (Å²) >= 11 is 0. The van der Waals surface area contributed by atoms with E-state index in [4.69, 9.17) is 0 Å². The molecule has 1 fully saturated rings. The molecular formula is C13H17F3N2O2S. The van der Waals surface area contributed by atoms with E-state index in [9.17, 15) is 21.6 Å². The summed E-state index contributed by atoms with van der Waals surface area (Å²) < 4.78 is 63.7. The molecule has 0 atom stereocenters. The summed E-state index contributed by atoms with van der Waals surface area (Å²) in [5.41, 5.74) is 0. The third-order valence-electron chi connectivity index (χ3n) is 3.50. The molecule has 1 aliphatic heterocycles. The maximum atomic E-state index is 13.2. The first-order chi connectivity index (χ1) is 9.82. The highest BCUT2D eigenvalue weighted by Gasteiger charge is 2.47. The summed E-state index contributed by atoms with van der Waals surface area (Å²) in [6, 6.07) is 6.73. The van der Waals surface area contributed by atoms with Crippen molar-refractivity contribution >= 4 is 10.0 Å². The second kappa shape index (κ2) is 6.33. The van der Waals surface area contributed by atoms with Crippen molar-refractivity contribution in [2.24, 2.45) is 5.92 Å². The zero-order valence-electron chi connectivity index (χ0n) is 11.3. The fourth-order valence-corrected chi connectivity index (χ4v) is 3.79. The number of halogens is 3. The maximum absolute atomic E-state index is 13.2. The molecular weight excluding hydrogens is 305 g/mol. The molecule has 118 valence electrons. The molecule has 0 unspecified atom stereocenters. The fourth-order valence-electron chi connectivity index (χ4n) is 2.36. The highest BCUT2D eigenvalue weighted by molar-refractivity contribution is 7.89. The van der Waals surface area contributed by atoms with Crippen LogP contribution in [0.3, 0.4) is 0 Å². The number of sulfonamides is 1. The quantitative estimate of drug-likeness (QED) is 0.865. The highest BCUT2D eigenvalue weighted by Crippen LogP contribution is 2.31. The van der Waals surface area contributed by atoms with Crippen molar-refractivity contribution in [2.75, 3.05) is 19.6 Å². The van der Waals surface area contributed by atoms with Crippen molar-refractivity contribution < 1.29 is 21.6 Å². The molecule has 0 aliphatic carbocycles. The van der Waals surface area contributed by atoms with Gasteiger partial charge < -0.3 is 5.32 Å². The number of benzene rings is 1. The number of piperidine rings is 1. The van der Waals surface area contributed by atoms with Gasteiger partial charge in [0.25, 0.3) is 0 Å². The number of hydrogen-bond donors (Lipinski definition) is 1. The van der Waals surface area contributed by atoms with Gasteiger partial charge in [-0.05, 0) is 44.0 Å². The lowest BCUT2D eigenvalue weighted by molar-refractivity contribution is -0.213. The molecule has 0 amide bonds. The van der Waals surface area contributed by atoms with Crippen LogP contribution < -0.4 is 5.32 Å². The summed E-state index contributed by atoms with van der Waals surface area (Å²) in [7, 11) is -4.57. The van der Waals surface area contributed by atoms with Crippen molar-refractivity contribution in [1.82, 2.24) is 9.62 Å². The van der Waals surface area contributed by atoms with Crippen molar-refractivity contribution in [3.8, 4) is 0 Å². The van der Waals surface area contributed by atoms with Crippen molar-refractivity contribution in [2.45, 2.75) is 24.0 Å². The summed E-state index contributed by atoms with van der Waals surface area (Å²) in [5.74, 6) is -0.286. The number of rotatable bonds is 4. The highest BCUT2D eigenvalue weighted by atomic mass is 32.2. The van der Waals surface area contributed by atoms with Crippen LogP contribution in [-0.4, -0.2) is 38.7 Å². The average Bonchev–Trinajstić information content (AvgIpc) is 2.45. The minimum Gasteiger partial charge on any atom is -0.317 e. The monoisotopic (exact) mass is 322 g/mol. The summed E-state index contributed by atoms with van der Waals surface area (Å²) in [6.45, 7) is 0.700. The lowest BCUT2D eigenvalue weighted by Gasteiger charge is -2.30. The van der Waals surface area contributed by atoms with Gasteiger partial charge in [0.05, 0.1) is 4.90 Å². The van der Waals surface area contributed by atoms with Gasteiger partial charge in [0.2, 0.25) is 10.0 Å². The molecule has 0 spiro atoms. The second-order valence-electron chi connectivity index (χ2n) is 5.01. The zero-order chi connectivity index (χ0) is 15.5. The van der Waals surface area contributed by atoms with Gasteiger partial charge in [-0.1, -0.05) is 18.2 Å². The largest absolute Gasteiger partial charge is 0.473 e. The van der Waals surface area contributed by atoms with Crippen LogP contribution in [-0.2, 0) is 10.0 Å². The topological polar surface area (TPSA) is 49.4 Å². The molecule has 21 heavy (non-hydrogen) atoms. The number of nitrogens with zero attached hydrogens (tertiary/aromatic N) is 1. The molecule has 4 nitrogen and oxygen atoms in total. The summed E-state index contributed by atoms with van der Waals surface area (Å²) in [6.07, 6.45) is -3.84. The third-order valence-corrected chi connectivity index (χ3v) is 5.30. The van der Waals surface area contributed by atoms with E-state index in [1.165, 1.54) is 24.3 Å². The molecule has 8 heteroatoms. The summed E-state index contributed by atoms with van der Waals surface area (Å²) in [5, 5.41) is 3.05. The Hall–Kier alpha value is -1.12. The molecule has 0 aromatic heterocycles. The van der Waals surface area contributed by atoms with Crippen molar-refractivity contribution in [1.29, 1.82) is 0 Å². The normalized spacial score (nSPS) is 18.1. The Balaban J connectivity index is 2.27. The molecule has 0 radical (unpaired) electrons. The van der Waals surface area contributed by atoms with Gasteiger partial charge >= 0.3 is 6.30 Å². The zero-order valence-corrected chi connectivity index (χ0v) is 12.1. The van der Waals surface area contributed by atoms with E-state index in [1.807, 2.05) is 0 Å². The molecule has 1 aromatic carbocycles. The van der Waals surface area contributed by atoms with Gasteiger partial charge in [0, 0.05) is 6.54 Å². The van der Waals surface area contributed by atoms with Gasteiger partial charge in [-0.15, -0.1) is 4.31 Å². The third kappa shape index (κ3) is 3.96. The minimum atomic E-state index is -4.92. The van der Waals surface area contributed by atoms with Crippen molar-refractivity contribution in [3.63, 3.8) is 0 Å². The van der Waals surface area contributed by atoms with E-state index in [0.29, 0.717) is 25.9 Å². The number of hydrogen-bond acceptors (Lipinski definition) is 3. The second-order valence-corrected chi connectivity index (χ2v) is 6.87. The maximum Gasteiger partial charge on any atom is 0.473 e. The molecule has 2 rings (SSSR count). The Morgan fingerprint density at radius 1 is 1.14 bits per heavy atom. The average molecular weight is 322 g/mol. The molecule has 1 aliphatic rings. The van der Waals surface area contributed by atoms with E-state index in [2.05, 4.69) is 5.32 Å². The van der Waals surface area contributed by atoms with E-state index in [-0.39, 0.29) is 15.1 Å². The smallest absolute Gasteiger partial charge is 0.317 e. The van der Waals surface area contributed by atoms with Crippen LogP contribution in [0, 0.1) is 5.92 Å². The van der Waals surface area contributed by atoms with E-state index >= 15 is 0 Å². The lowest BCUT2D eigenvalue weighted by Crippen LogP contribution is -2.46. The number of alkyl halides is 3. The van der Waals surface area contributed by atoms with E-state index < -0.39 is 22.9 Å². The molecule has 0 saturated carbocycles. The van der Waals surface area contributed by atoms with Crippen LogP contribution in [0.2, 0.25) is 0 Å². The first-order valence-corrected chi connectivity index (χ1v) is 8.11. The van der Waals surface area contributed by atoms with Crippen LogP contribution in [0.1, 0.15) is 12.8 Å². The fraction of sp³-hybridized carbons (Fsp3) is 0.538. The minimum absolute atomic E-state index is 0.286. The Labute approximate surface area is 122 Å². The van der Waals surface area contributed by atoms with Crippen LogP contribution in [0.4, 0.5) is 13.2 Å². The van der Waals surface area contributed by atoms with E-state index in [0.717, 1.165) is 0 Å². The Bertz CT molecular complexity index is 555. The van der Waals surface area contributed by atoms with Gasteiger partial charge in [0.1, 0.15) is 0 Å². The van der Waals surface area contributed by atoms with Gasteiger partial charge in [-0.3, -0.25) is 0 Å². The first kappa shape index (κ1) is 16.3. The Kier molecular flexibility index (Phi) is 4.90. The molecule has 0 bridgehead atoms. The van der Waals surface area contributed by atoms with Crippen LogP contribution >= 0.6 is 0 Å². The Morgan fingerprint density at radius 2 is 1.71 bits per heavy atom. The first-order valence-electron chi connectivity index (χ1n) is 6.67. The molecule has 1 heterocycles. The van der Waals surface area contributed by atoms with Crippen LogP contribution in [0.25, 0.3) is 0 Å². The predicted molar refractivity (Wildman–Crippen MR) is 72.0 cm³/mol. The predicted octanol–water partition coefficient (Wildman–Crippen LogP) is 2.20.